The molecule has 0 amide bonds. The number of benzene rings is 1. The molecule has 1 aromatic carbocycles. The van der Waals surface area contributed by atoms with Crippen LogP contribution < -0.4 is 4.74 Å². The molecule has 1 nitrogen and oxygen atoms in total. The largest absolute Gasteiger partial charge is 0.494 e. The Morgan fingerprint density at radius 2 is 1.94 bits per heavy atom. The second-order valence-corrected chi connectivity index (χ2v) is 6.10. The van der Waals surface area contributed by atoms with E-state index < -0.39 is 0 Å². The highest BCUT2D eigenvalue weighted by atomic mass is 79.9. The van der Waals surface area contributed by atoms with E-state index in [1.165, 1.54) is 17.5 Å². The van der Waals surface area contributed by atoms with Crippen molar-refractivity contribution >= 4 is 15.9 Å². The smallest absolute Gasteiger partial charge is 0.123 e. The molecule has 0 saturated heterocycles. The number of halogens is 1. The van der Waals surface area contributed by atoms with E-state index in [-0.39, 0.29) is 5.41 Å². The zero-order chi connectivity index (χ0) is 12.9. The fourth-order valence-electron chi connectivity index (χ4n) is 1.87. The lowest BCUT2D eigenvalue weighted by atomic mass is 9.85. The summed E-state index contributed by atoms with van der Waals surface area (Å²) in [6, 6.07) is 6.60. The van der Waals surface area contributed by atoms with Crippen LogP contribution in [0.2, 0.25) is 0 Å². The van der Waals surface area contributed by atoms with Crippen molar-refractivity contribution in [1.29, 1.82) is 0 Å². The van der Waals surface area contributed by atoms with Gasteiger partial charge in [-0.15, -0.1) is 0 Å². The first-order valence-corrected chi connectivity index (χ1v) is 7.43. The number of hydrogen-bond donors (Lipinski definition) is 0. The molecule has 0 aromatic heterocycles. The Morgan fingerprint density at radius 3 is 2.47 bits per heavy atom. The van der Waals surface area contributed by atoms with Crippen LogP contribution in [0.15, 0.2) is 18.2 Å². The summed E-state index contributed by atoms with van der Waals surface area (Å²) in [5, 5.41) is 1.06. The Kier molecular flexibility index (Phi) is 5.51. The molecule has 0 fully saturated rings. The third-order valence-corrected chi connectivity index (χ3v) is 3.31. The maximum Gasteiger partial charge on any atom is 0.123 e. The summed E-state index contributed by atoms with van der Waals surface area (Å²) >= 11 is 3.48. The molecule has 0 heterocycles. The number of hydrogen-bond acceptors (Lipinski definition) is 1. The second kappa shape index (κ2) is 6.44. The first kappa shape index (κ1) is 14.6. The van der Waals surface area contributed by atoms with Crippen LogP contribution >= 0.6 is 15.9 Å². The molecule has 96 valence electrons. The van der Waals surface area contributed by atoms with E-state index in [4.69, 9.17) is 4.74 Å². The fraction of sp³-hybridized carbons (Fsp3) is 0.600. The second-order valence-electron chi connectivity index (χ2n) is 5.31. The topological polar surface area (TPSA) is 9.23 Å². The highest BCUT2D eigenvalue weighted by Gasteiger charge is 2.19. The normalized spacial score (nSPS) is 11.6. The van der Waals surface area contributed by atoms with Gasteiger partial charge in [-0.1, -0.05) is 48.8 Å². The Hall–Kier alpha value is -0.500. The Morgan fingerprint density at radius 1 is 1.24 bits per heavy atom. The first-order chi connectivity index (χ1) is 7.99. The minimum atomic E-state index is 0.134. The van der Waals surface area contributed by atoms with E-state index in [0.29, 0.717) is 0 Å². The van der Waals surface area contributed by atoms with E-state index in [0.717, 1.165) is 24.1 Å². The molecule has 17 heavy (non-hydrogen) atoms. The lowest BCUT2D eigenvalue weighted by Crippen LogP contribution is -2.14. The lowest BCUT2D eigenvalue weighted by molar-refractivity contribution is 0.329. The van der Waals surface area contributed by atoms with Crippen LogP contribution in [-0.2, 0) is 11.8 Å². The maximum atomic E-state index is 5.71. The molecule has 2 heteroatoms. The lowest BCUT2D eigenvalue weighted by Gasteiger charge is -2.23. The Balaban J connectivity index is 3.01. The number of ether oxygens (including phenoxy) is 1. The summed E-state index contributed by atoms with van der Waals surface area (Å²) in [4.78, 5) is 0. The minimum Gasteiger partial charge on any atom is -0.494 e. The van der Waals surface area contributed by atoms with Crippen LogP contribution in [0, 0.1) is 0 Å². The van der Waals surface area contributed by atoms with Crippen molar-refractivity contribution in [3.05, 3.63) is 29.3 Å². The summed E-state index contributed by atoms with van der Waals surface area (Å²) in [6.45, 7) is 9.46. The highest BCUT2D eigenvalue weighted by molar-refractivity contribution is 9.09. The molecule has 0 radical (unpaired) electrons. The molecule has 0 N–H and O–H groups in total. The number of rotatable bonds is 5. The van der Waals surface area contributed by atoms with Crippen molar-refractivity contribution < 1.29 is 4.74 Å². The molecule has 0 bridgehead atoms. The van der Waals surface area contributed by atoms with Gasteiger partial charge < -0.3 is 4.74 Å². The Bertz CT molecular complexity index is 352. The first-order valence-electron chi connectivity index (χ1n) is 6.31. The van der Waals surface area contributed by atoms with E-state index in [9.17, 15) is 0 Å². The average molecular weight is 299 g/mol. The van der Waals surface area contributed by atoms with Gasteiger partial charge in [-0.05, 0) is 42.4 Å². The zero-order valence-electron chi connectivity index (χ0n) is 11.3. The summed E-state index contributed by atoms with van der Waals surface area (Å²) < 4.78 is 5.71. The van der Waals surface area contributed by atoms with Gasteiger partial charge >= 0.3 is 0 Å². The van der Waals surface area contributed by atoms with Gasteiger partial charge in [0.05, 0.1) is 6.61 Å². The molecular weight excluding hydrogens is 276 g/mol. The standard InChI is InChI=1S/C15H23BrO/c1-5-17-14-9-8-12(7-6-10-16)11-13(14)15(2,3)4/h8-9,11H,5-7,10H2,1-4H3. The molecule has 0 atom stereocenters. The van der Waals surface area contributed by atoms with Crippen LogP contribution in [0.3, 0.4) is 0 Å². The third kappa shape index (κ3) is 4.34. The van der Waals surface area contributed by atoms with Crippen molar-refractivity contribution in [2.24, 2.45) is 0 Å². The summed E-state index contributed by atoms with van der Waals surface area (Å²) in [5.41, 5.74) is 2.85. The average Bonchev–Trinajstić information content (AvgIpc) is 2.26. The summed E-state index contributed by atoms with van der Waals surface area (Å²) in [6.07, 6.45) is 2.30. The van der Waals surface area contributed by atoms with Gasteiger partial charge in [-0.25, -0.2) is 0 Å². The van der Waals surface area contributed by atoms with Crippen molar-refractivity contribution in [3.8, 4) is 5.75 Å². The summed E-state index contributed by atoms with van der Waals surface area (Å²) in [7, 11) is 0. The number of alkyl halides is 1. The van der Waals surface area contributed by atoms with E-state index >= 15 is 0 Å². The minimum absolute atomic E-state index is 0.134. The summed E-state index contributed by atoms with van der Waals surface area (Å²) in [5.74, 6) is 1.03. The monoisotopic (exact) mass is 298 g/mol. The quantitative estimate of drug-likeness (QED) is 0.715. The van der Waals surface area contributed by atoms with Crippen LogP contribution in [0.4, 0.5) is 0 Å². The van der Waals surface area contributed by atoms with Crippen LogP contribution in [-0.4, -0.2) is 11.9 Å². The molecule has 0 spiro atoms. The van der Waals surface area contributed by atoms with Gasteiger partial charge in [0.1, 0.15) is 5.75 Å². The van der Waals surface area contributed by atoms with Crippen molar-refractivity contribution in [1.82, 2.24) is 0 Å². The van der Waals surface area contributed by atoms with Crippen molar-refractivity contribution in [3.63, 3.8) is 0 Å². The van der Waals surface area contributed by atoms with Crippen molar-refractivity contribution in [2.45, 2.75) is 46.0 Å². The molecule has 0 aliphatic rings. The predicted octanol–water partition coefficient (Wildman–Crippen LogP) is 4.71. The fourth-order valence-corrected chi connectivity index (χ4v) is 2.15. The molecule has 1 rings (SSSR count). The highest BCUT2D eigenvalue weighted by Crippen LogP contribution is 2.32. The molecule has 0 aliphatic carbocycles. The van der Waals surface area contributed by atoms with Crippen LogP contribution in [0.1, 0.15) is 45.2 Å². The third-order valence-electron chi connectivity index (χ3n) is 2.75. The van der Waals surface area contributed by atoms with Gasteiger partial charge in [0.15, 0.2) is 0 Å². The van der Waals surface area contributed by atoms with Gasteiger partial charge in [-0.2, -0.15) is 0 Å². The van der Waals surface area contributed by atoms with E-state index in [1.807, 2.05) is 6.92 Å². The van der Waals surface area contributed by atoms with Crippen LogP contribution in [0.5, 0.6) is 5.75 Å². The van der Waals surface area contributed by atoms with Gasteiger partial charge in [0, 0.05) is 5.33 Å². The van der Waals surface area contributed by atoms with Gasteiger partial charge in [0.2, 0.25) is 0 Å². The molecule has 0 aliphatic heterocycles. The molecular formula is C15H23BrO. The molecule has 1 aromatic rings. The van der Waals surface area contributed by atoms with E-state index in [2.05, 4.69) is 54.9 Å². The van der Waals surface area contributed by atoms with Gasteiger partial charge in [0.25, 0.3) is 0 Å². The number of aryl methyl sites for hydroxylation is 1. The van der Waals surface area contributed by atoms with E-state index in [1.54, 1.807) is 0 Å². The van der Waals surface area contributed by atoms with Gasteiger partial charge in [-0.3, -0.25) is 0 Å². The Labute approximate surface area is 114 Å². The zero-order valence-corrected chi connectivity index (χ0v) is 12.9. The molecule has 0 saturated carbocycles. The van der Waals surface area contributed by atoms with Crippen LogP contribution in [0.25, 0.3) is 0 Å². The SMILES string of the molecule is CCOc1ccc(CCCBr)cc1C(C)(C)C. The predicted molar refractivity (Wildman–Crippen MR) is 78.4 cm³/mol. The van der Waals surface area contributed by atoms with Crippen molar-refractivity contribution in [2.75, 3.05) is 11.9 Å². The maximum absolute atomic E-state index is 5.71. The molecule has 0 unspecified atom stereocenters.